The van der Waals surface area contributed by atoms with Crippen LogP contribution in [0.2, 0.25) is 0 Å². The van der Waals surface area contributed by atoms with E-state index in [1.807, 2.05) is 31.4 Å². The third-order valence-electron chi connectivity index (χ3n) is 3.57. The number of para-hydroxylation sites is 1. The van der Waals surface area contributed by atoms with Gasteiger partial charge in [-0.05, 0) is 31.2 Å². The van der Waals surface area contributed by atoms with E-state index in [0.717, 1.165) is 5.75 Å². The highest BCUT2D eigenvalue weighted by Gasteiger charge is 2.32. The van der Waals surface area contributed by atoms with Gasteiger partial charge in [-0.15, -0.1) is 0 Å². The molecule has 5 nitrogen and oxygen atoms in total. The summed E-state index contributed by atoms with van der Waals surface area (Å²) in [6, 6.07) is 7.16. The van der Waals surface area contributed by atoms with Crippen LogP contribution in [-0.4, -0.2) is 41.7 Å². The first-order valence-electron chi connectivity index (χ1n) is 6.93. The van der Waals surface area contributed by atoms with E-state index < -0.39 is 11.9 Å². The second-order valence-corrected chi connectivity index (χ2v) is 6.11. The summed E-state index contributed by atoms with van der Waals surface area (Å²) >= 11 is 1.68. The maximum Gasteiger partial charge on any atom is 0.322 e. The number of nitrogens with zero attached hydrogens (tertiary/aromatic N) is 1. The van der Waals surface area contributed by atoms with Gasteiger partial charge in [0.15, 0.2) is 0 Å². The van der Waals surface area contributed by atoms with Crippen LogP contribution >= 0.6 is 11.8 Å². The molecule has 0 radical (unpaired) electrons. The fourth-order valence-corrected chi connectivity index (χ4v) is 3.19. The summed E-state index contributed by atoms with van der Waals surface area (Å²) in [4.78, 5) is 25.4. The fourth-order valence-electron chi connectivity index (χ4n) is 2.61. The minimum atomic E-state index is -0.835. The molecule has 0 saturated heterocycles. The van der Waals surface area contributed by atoms with Gasteiger partial charge in [-0.3, -0.25) is 9.69 Å². The Morgan fingerprint density at radius 3 is 2.86 bits per heavy atom. The molecule has 2 rings (SSSR count). The molecular formula is C15H20N2O3S. The first-order valence-corrected chi connectivity index (χ1v) is 8.32. The Labute approximate surface area is 128 Å². The molecule has 0 aromatic heterocycles. The van der Waals surface area contributed by atoms with Crippen molar-refractivity contribution in [2.75, 3.05) is 23.5 Å². The minimum Gasteiger partial charge on any atom is -0.481 e. The van der Waals surface area contributed by atoms with Gasteiger partial charge in [-0.2, -0.15) is 11.8 Å². The lowest BCUT2D eigenvalue weighted by molar-refractivity contribution is -0.139. The number of anilines is 1. The number of hydrogen-bond acceptors (Lipinski definition) is 3. The average molecular weight is 308 g/mol. The van der Waals surface area contributed by atoms with Crippen LogP contribution in [0.15, 0.2) is 24.3 Å². The maximum atomic E-state index is 12.4. The lowest BCUT2D eigenvalue weighted by Gasteiger charge is -2.33. The lowest BCUT2D eigenvalue weighted by Crippen LogP contribution is -2.47. The largest absolute Gasteiger partial charge is 0.481 e. The quantitative estimate of drug-likeness (QED) is 0.897. The van der Waals surface area contributed by atoms with E-state index in [1.165, 1.54) is 0 Å². The molecule has 0 spiro atoms. The molecule has 2 unspecified atom stereocenters. The van der Waals surface area contributed by atoms with Crippen LogP contribution in [0.3, 0.4) is 0 Å². The van der Waals surface area contributed by atoms with Gasteiger partial charge in [0, 0.05) is 24.0 Å². The zero-order valence-corrected chi connectivity index (χ0v) is 13.0. The van der Waals surface area contributed by atoms with Crippen LogP contribution < -0.4 is 10.2 Å². The Morgan fingerprint density at radius 1 is 1.48 bits per heavy atom. The second kappa shape index (κ2) is 6.85. The van der Waals surface area contributed by atoms with Crippen molar-refractivity contribution in [1.82, 2.24) is 5.32 Å². The number of nitrogens with one attached hydrogen (secondary N) is 1. The van der Waals surface area contributed by atoms with E-state index >= 15 is 0 Å². The molecule has 1 aromatic rings. The van der Waals surface area contributed by atoms with E-state index in [0.29, 0.717) is 24.2 Å². The standard InChI is InChI=1S/C15H20N2O3S/c1-10(9-21-2)16-15(20)17-8-7-12(14(18)19)11-5-3-4-6-13(11)17/h3-6,10,12H,7-9H2,1-2H3,(H,16,20)(H,18,19). The minimum absolute atomic E-state index is 0.0804. The SMILES string of the molecule is CSCC(C)NC(=O)N1CCC(C(=O)O)c2ccccc21. The predicted molar refractivity (Wildman–Crippen MR) is 85.2 cm³/mol. The van der Waals surface area contributed by atoms with Gasteiger partial charge in [-0.25, -0.2) is 4.79 Å². The maximum absolute atomic E-state index is 12.4. The zero-order chi connectivity index (χ0) is 15.4. The van der Waals surface area contributed by atoms with Crippen molar-refractivity contribution in [2.24, 2.45) is 0 Å². The van der Waals surface area contributed by atoms with Crippen LogP contribution in [0.5, 0.6) is 0 Å². The van der Waals surface area contributed by atoms with Gasteiger partial charge in [0.25, 0.3) is 0 Å². The van der Waals surface area contributed by atoms with Gasteiger partial charge in [-0.1, -0.05) is 18.2 Å². The Morgan fingerprint density at radius 2 is 2.19 bits per heavy atom. The summed E-state index contributed by atoms with van der Waals surface area (Å²) in [5.74, 6) is -0.522. The van der Waals surface area contributed by atoms with Crippen molar-refractivity contribution < 1.29 is 14.7 Å². The van der Waals surface area contributed by atoms with E-state index in [2.05, 4.69) is 5.32 Å². The third-order valence-corrected chi connectivity index (χ3v) is 4.41. The van der Waals surface area contributed by atoms with Crippen molar-refractivity contribution in [3.05, 3.63) is 29.8 Å². The molecule has 1 aliphatic rings. The monoisotopic (exact) mass is 308 g/mol. The average Bonchev–Trinajstić information content (AvgIpc) is 2.45. The molecule has 0 fully saturated rings. The molecule has 2 atom stereocenters. The Balaban J connectivity index is 2.21. The van der Waals surface area contributed by atoms with E-state index in [1.54, 1.807) is 22.7 Å². The molecule has 1 aliphatic heterocycles. The Hall–Kier alpha value is -1.69. The molecule has 6 heteroatoms. The second-order valence-electron chi connectivity index (χ2n) is 5.20. The number of carboxylic acid groups (broad SMARTS) is 1. The Bertz CT molecular complexity index is 535. The Kier molecular flexibility index (Phi) is 5.12. The van der Waals surface area contributed by atoms with E-state index in [9.17, 15) is 14.7 Å². The van der Waals surface area contributed by atoms with Gasteiger partial charge in [0.05, 0.1) is 5.92 Å². The number of hydrogen-bond donors (Lipinski definition) is 2. The van der Waals surface area contributed by atoms with Crippen LogP contribution in [0.25, 0.3) is 0 Å². The van der Waals surface area contributed by atoms with Crippen LogP contribution in [0, 0.1) is 0 Å². The highest BCUT2D eigenvalue weighted by atomic mass is 32.2. The highest BCUT2D eigenvalue weighted by molar-refractivity contribution is 7.98. The molecular weight excluding hydrogens is 288 g/mol. The number of rotatable bonds is 4. The first kappa shape index (κ1) is 15.7. The summed E-state index contributed by atoms with van der Waals surface area (Å²) in [6.07, 6.45) is 2.44. The zero-order valence-electron chi connectivity index (χ0n) is 12.2. The normalized spacial score (nSPS) is 18.8. The number of amides is 2. The number of thioether (sulfide) groups is 1. The molecule has 1 aromatic carbocycles. The van der Waals surface area contributed by atoms with Crippen molar-refractivity contribution in [1.29, 1.82) is 0 Å². The smallest absolute Gasteiger partial charge is 0.322 e. The van der Waals surface area contributed by atoms with Gasteiger partial charge < -0.3 is 10.4 Å². The number of carbonyl (C=O) groups is 2. The predicted octanol–water partition coefficient (Wildman–Crippen LogP) is 2.53. The summed E-state index contributed by atoms with van der Waals surface area (Å²) in [5, 5.41) is 12.3. The number of carbonyl (C=O) groups excluding carboxylic acids is 1. The number of carboxylic acids is 1. The van der Waals surface area contributed by atoms with E-state index in [-0.39, 0.29) is 12.1 Å². The lowest BCUT2D eigenvalue weighted by atomic mass is 9.90. The fraction of sp³-hybridized carbons (Fsp3) is 0.467. The summed E-state index contributed by atoms with van der Waals surface area (Å²) < 4.78 is 0. The first-order chi connectivity index (χ1) is 10.0. The molecule has 21 heavy (non-hydrogen) atoms. The molecule has 2 N–H and O–H groups in total. The number of fused-ring (bicyclic) bond motifs is 1. The van der Waals surface area contributed by atoms with Gasteiger partial charge >= 0.3 is 12.0 Å². The van der Waals surface area contributed by atoms with Crippen LogP contribution in [0.1, 0.15) is 24.8 Å². The van der Waals surface area contributed by atoms with Crippen molar-refractivity contribution >= 4 is 29.4 Å². The van der Waals surface area contributed by atoms with E-state index in [4.69, 9.17) is 0 Å². The van der Waals surface area contributed by atoms with Crippen molar-refractivity contribution in [3.63, 3.8) is 0 Å². The number of benzene rings is 1. The highest BCUT2D eigenvalue weighted by Crippen LogP contribution is 2.35. The van der Waals surface area contributed by atoms with Crippen molar-refractivity contribution in [3.8, 4) is 0 Å². The summed E-state index contributed by atoms with van der Waals surface area (Å²) in [6.45, 7) is 2.39. The topological polar surface area (TPSA) is 69.6 Å². The van der Waals surface area contributed by atoms with Crippen LogP contribution in [-0.2, 0) is 4.79 Å². The molecule has 114 valence electrons. The number of urea groups is 1. The van der Waals surface area contributed by atoms with Gasteiger partial charge in [0.2, 0.25) is 0 Å². The number of aliphatic carboxylic acids is 1. The summed E-state index contributed by atoms with van der Waals surface area (Å²) in [5.41, 5.74) is 1.41. The van der Waals surface area contributed by atoms with Crippen molar-refractivity contribution in [2.45, 2.75) is 25.3 Å². The van der Waals surface area contributed by atoms with Crippen LogP contribution in [0.4, 0.5) is 10.5 Å². The molecule has 2 amide bonds. The summed E-state index contributed by atoms with van der Waals surface area (Å²) in [7, 11) is 0. The molecule has 0 saturated carbocycles. The molecule has 1 heterocycles. The molecule has 0 aliphatic carbocycles. The van der Waals surface area contributed by atoms with Gasteiger partial charge in [0.1, 0.15) is 0 Å². The molecule has 0 bridgehead atoms. The third kappa shape index (κ3) is 3.50.